The predicted molar refractivity (Wildman–Crippen MR) is 110 cm³/mol. The van der Waals surface area contributed by atoms with Crippen LogP contribution in [-0.4, -0.2) is 31.9 Å². The highest BCUT2D eigenvalue weighted by atomic mass is 16.5. The van der Waals surface area contributed by atoms with Crippen molar-refractivity contribution in [3.8, 4) is 0 Å². The third-order valence-electron chi connectivity index (χ3n) is 5.88. The van der Waals surface area contributed by atoms with Gasteiger partial charge in [-0.3, -0.25) is 0 Å². The predicted octanol–water partition coefficient (Wildman–Crippen LogP) is 4.73. The van der Waals surface area contributed by atoms with Gasteiger partial charge in [-0.2, -0.15) is 0 Å². The number of benzene rings is 1. The van der Waals surface area contributed by atoms with Crippen LogP contribution in [0.3, 0.4) is 0 Å². The molecule has 2 atom stereocenters. The first-order valence-electron chi connectivity index (χ1n) is 10.3. The van der Waals surface area contributed by atoms with Crippen molar-refractivity contribution >= 4 is 11.0 Å². The molecule has 4 nitrogen and oxygen atoms in total. The van der Waals surface area contributed by atoms with Crippen LogP contribution in [-0.2, 0) is 15.8 Å². The van der Waals surface area contributed by atoms with Gasteiger partial charge < -0.3 is 19.6 Å². The molecular formula is C23H35NO3. The molecule has 1 aliphatic heterocycles. The Morgan fingerprint density at radius 1 is 1.26 bits per heavy atom. The first-order valence-corrected chi connectivity index (χ1v) is 10.3. The summed E-state index contributed by atoms with van der Waals surface area (Å²) in [5.74, 6) is 1.16. The second-order valence-corrected chi connectivity index (χ2v) is 9.00. The quantitative estimate of drug-likeness (QED) is 0.689. The second kappa shape index (κ2) is 8.34. The molecule has 1 fully saturated rings. The fraction of sp³-hybridized carbons (Fsp3) is 0.652. The van der Waals surface area contributed by atoms with E-state index in [1.807, 2.05) is 0 Å². The molecule has 150 valence electrons. The van der Waals surface area contributed by atoms with Crippen molar-refractivity contribution in [1.82, 2.24) is 5.32 Å². The van der Waals surface area contributed by atoms with E-state index in [4.69, 9.17) is 9.15 Å². The van der Waals surface area contributed by atoms with E-state index in [0.717, 1.165) is 74.1 Å². The van der Waals surface area contributed by atoms with Crippen molar-refractivity contribution in [3.63, 3.8) is 0 Å². The maximum absolute atomic E-state index is 12.0. The van der Waals surface area contributed by atoms with Gasteiger partial charge in [0, 0.05) is 42.5 Å². The summed E-state index contributed by atoms with van der Waals surface area (Å²) in [7, 11) is 1.73. The SMILES string of the molecule is COCCCC[C@@](O)(c1cccc2cc(C(C)(C)C)oc12)C1CCCNC1. The van der Waals surface area contributed by atoms with Gasteiger partial charge in [0.25, 0.3) is 0 Å². The largest absolute Gasteiger partial charge is 0.460 e. The first kappa shape index (κ1) is 20.4. The van der Waals surface area contributed by atoms with Gasteiger partial charge >= 0.3 is 0 Å². The van der Waals surface area contributed by atoms with E-state index in [9.17, 15) is 5.11 Å². The number of rotatable bonds is 7. The molecule has 2 heterocycles. The van der Waals surface area contributed by atoms with Crippen LogP contribution in [0.25, 0.3) is 11.0 Å². The van der Waals surface area contributed by atoms with E-state index in [0.29, 0.717) is 0 Å². The fourth-order valence-electron chi connectivity index (χ4n) is 4.23. The van der Waals surface area contributed by atoms with Crippen molar-refractivity contribution in [2.75, 3.05) is 26.8 Å². The first-order chi connectivity index (χ1) is 12.9. The summed E-state index contributed by atoms with van der Waals surface area (Å²) in [5, 5.41) is 16.5. The summed E-state index contributed by atoms with van der Waals surface area (Å²) in [5.41, 5.74) is 0.858. The number of methoxy groups -OCH3 is 1. The molecule has 27 heavy (non-hydrogen) atoms. The number of furan rings is 1. The van der Waals surface area contributed by atoms with Crippen LogP contribution >= 0.6 is 0 Å². The molecule has 1 aromatic carbocycles. The van der Waals surface area contributed by atoms with Gasteiger partial charge in [-0.15, -0.1) is 0 Å². The minimum absolute atomic E-state index is 0.0563. The lowest BCUT2D eigenvalue weighted by Crippen LogP contribution is -2.44. The number of aliphatic hydroxyl groups is 1. The maximum atomic E-state index is 12.0. The van der Waals surface area contributed by atoms with Crippen LogP contribution in [0.5, 0.6) is 0 Å². The molecule has 1 aromatic heterocycles. The standard InChI is InChI=1S/C23H35NO3/c1-22(2,3)20-15-17-9-7-11-19(21(17)27-20)23(25,12-5-6-14-26-4)18-10-8-13-24-16-18/h7,9,11,15,18,24-25H,5-6,8,10,12-14,16H2,1-4H3/t18?,23-/m0/s1. The fourth-order valence-corrected chi connectivity index (χ4v) is 4.23. The lowest BCUT2D eigenvalue weighted by molar-refractivity contribution is -0.0428. The van der Waals surface area contributed by atoms with Crippen molar-refractivity contribution in [3.05, 3.63) is 35.6 Å². The Morgan fingerprint density at radius 3 is 2.74 bits per heavy atom. The van der Waals surface area contributed by atoms with Gasteiger partial charge in [0.05, 0.1) is 5.60 Å². The summed E-state index contributed by atoms with van der Waals surface area (Å²) in [6, 6.07) is 8.32. The summed E-state index contributed by atoms with van der Waals surface area (Å²) >= 11 is 0. The molecule has 4 heteroatoms. The van der Waals surface area contributed by atoms with Crippen molar-refractivity contribution in [2.45, 2.75) is 63.9 Å². The topological polar surface area (TPSA) is 54.6 Å². The van der Waals surface area contributed by atoms with Gasteiger partial charge in [-0.25, -0.2) is 0 Å². The van der Waals surface area contributed by atoms with Crippen LogP contribution in [0, 0.1) is 5.92 Å². The average Bonchev–Trinajstić information content (AvgIpc) is 3.10. The number of para-hydroxylation sites is 1. The number of unbranched alkanes of at least 4 members (excludes halogenated alkanes) is 1. The van der Waals surface area contributed by atoms with E-state index in [2.05, 4.69) is 50.4 Å². The molecule has 2 aromatic rings. The molecule has 0 bridgehead atoms. The average molecular weight is 374 g/mol. The zero-order valence-electron chi connectivity index (χ0n) is 17.3. The summed E-state index contributed by atoms with van der Waals surface area (Å²) in [4.78, 5) is 0. The van der Waals surface area contributed by atoms with Crippen molar-refractivity contribution in [2.24, 2.45) is 5.92 Å². The zero-order valence-corrected chi connectivity index (χ0v) is 17.3. The van der Waals surface area contributed by atoms with Crippen LogP contribution in [0.15, 0.2) is 28.7 Å². The Labute approximate surface area is 163 Å². The van der Waals surface area contributed by atoms with Crippen LogP contribution < -0.4 is 5.32 Å². The van der Waals surface area contributed by atoms with Crippen LogP contribution in [0.1, 0.15) is 64.2 Å². The van der Waals surface area contributed by atoms with Crippen molar-refractivity contribution in [1.29, 1.82) is 0 Å². The molecule has 3 rings (SSSR count). The monoisotopic (exact) mass is 373 g/mol. The van der Waals surface area contributed by atoms with Gasteiger partial charge in [0.2, 0.25) is 0 Å². The Bertz CT molecular complexity index is 740. The molecular weight excluding hydrogens is 338 g/mol. The molecule has 0 aliphatic carbocycles. The number of nitrogens with one attached hydrogen (secondary N) is 1. The van der Waals surface area contributed by atoms with Gasteiger partial charge in [-0.05, 0) is 44.7 Å². The highest BCUT2D eigenvalue weighted by molar-refractivity contribution is 5.82. The molecule has 1 saturated heterocycles. The smallest absolute Gasteiger partial charge is 0.140 e. The summed E-state index contributed by atoms with van der Waals surface area (Å²) < 4.78 is 11.5. The molecule has 0 amide bonds. The third kappa shape index (κ3) is 4.39. The number of fused-ring (bicyclic) bond motifs is 1. The highest BCUT2D eigenvalue weighted by Crippen LogP contribution is 2.43. The molecule has 1 unspecified atom stereocenters. The lowest BCUT2D eigenvalue weighted by Gasteiger charge is -2.39. The Hall–Kier alpha value is -1.36. The van der Waals surface area contributed by atoms with E-state index in [-0.39, 0.29) is 11.3 Å². The minimum atomic E-state index is -0.881. The lowest BCUT2D eigenvalue weighted by atomic mass is 9.74. The zero-order chi connectivity index (χ0) is 19.5. The Balaban J connectivity index is 2.01. The molecule has 0 saturated carbocycles. The Morgan fingerprint density at radius 2 is 2.07 bits per heavy atom. The normalized spacial score (nSPS) is 20.7. The molecule has 0 spiro atoms. The van der Waals surface area contributed by atoms with Crippen LogP contribution in [0.4, 0.5) is 0 Å². The minimum Gasteiger partial charge on any atom is -0.460 e. The second-order valence-electron chi connectivity index (χ2n) is 9.00. The summed E-state index contributed by atoms with van der Waals surface area (Å²) in [6.07, 6.45) is 4.77. The molecule has 0 radical (unpaired) electrons. The maximum Gasteiger partial charge on any atom is 0.140 e. The number of hydrogen-bond donors (Lipinski definition) is 2. The van der Waals surface area contributed by atoms with Gasteiger partial charge in [0.1, 0.15) is 11.3 Å². The van der Waals surface area contributed by atoms with E-state index < -0.39 is 5.60 Å². The van der Waals surface area contributed by atoms with Crippen LogP contribution in [0.2, 0.25) is 0 Å². The van der Waals surface area contributed by atoms with E-state index in [1.165, 1.54) is 0 Å². The number of piperidine rings is 1. The Kier molecular flexibility index (Phi) is 6.29. The molecule has 2 N–H and O–H groups in total. The number of ether oxygens (including phenoxy) is 1. The van der Waals surface area contributed by atoms with Crippen molar-refractivity contribution < 1.29 is 14.3 Å². The number of hydrogen-bond acceptors (Lipinski definition) is 4. The van der Waals surface area contributed by atoms with E-state index in [1.54, 1.807) is 7.11 Å². The van der Waals surface area contributed by atoms with Gasteiger partial charge in [-0.1, -0.05) is 39.0 Å². The summed E-state index contributed by atoms with van der Waals surface area (Å²) in [6.45, 7) is 9.10. The van der Waals surface area contributed by atoms with E-state index >= 15 is 0 Å². The van der Waals surface area contributed by atoms with Gasteiger partial charge in [0.15, 0.2) is 0 Å². The molecule has 1 aliphatic rings. The highest BCUT2D eigenvalue weighted by Gasteiger charge is 2.40. The third-order valence-corrected chi connectivity index (χ3v) is 5.88.